The third kappa shape index (κ3) is 4.68. The summed E-state index contributed by atoms with van der Waals surface area (Å²) in [6.45, 7) is 7.30. The van der Waals surface area contributed by atoms with E-state index in [1.165, 1.54) is 18.2 Å². The quantitative estimate of drug-likeness (QED) is 0.180. The summed E-state index contributed by atoms with van der Waals surface area (Å²) in [5, 5.41) is 11.7. The Morgan fingerprint density at radius 3 is 2.34 bits per heavy atom. The Balaban J connectivity index is 1.94. The summed E-state index contributed by atoms with van der Waals surface area (Å²) in [5.74, 6) is 0.150. The SMILES string of the molecule is CCOC(=O)c1c(C)n(-c2ccc(OC)cc2)c2c(C)c(C)c(NS(=O)(=O)c3cccc([N+](=O)[O-])c3)cc12. The Bertz CT molecular complexity index is 1670. The fourth-order valence-electron chi connectivity index (χ4n) is 4.44. The number of nitro benzene ring substituents is 1. The molecular weight excluding hydrogens is 510 g/mol. The number of nitrogens with one attached hydrogen (secondary N) is 1. The minimum absolute atomic E-state index is 0.171. The second-order valence-corrected chi connectivity index (χ2v) is 10.3. The maximum Gasteiger partial charge on any atom is 0.340 e. The third-order valence-electron chi connectivity index (χ3n) is 6.45. The first kappa shape index (κ1) is 26.7. The van der Waals surface area contributed by atoms with Crippen LogP contribution in [0.4, 0.5) is 11.4 Å². The predicted molar refractivity (Wildman–Crippen MR) is 144 cm³/mol. The van der Waals surface area contributed by atoms with Gasteiger partial charge in [-0.3, -0.25) is 14.8 Å². The van der Waals surface area contributed by atoms with Gasteiger partial charge in [-0.05, 0) is 75.2 Å². The van der Waals surface area contributed by atoms with Crippen molar-refractivity contribution in [2.75, 3.05) is 18.4 Å². The topological polar surface area (TPSA) is 130 Å². The van der Waals surface area contributed by atoms with Crippen LogP contribution in [-0.2, 0) is 14.8 Å². The first-order valence-electron chi connectivity index (χ1n) is 11.7. The number of nitrogens with zero attached hydrogens (tertiary/aromatic N) is 2. The van der Waals surface area contributed by atoms with Crippen molar-refractivity contribution in [2.24, 2.45) is 0 Å². The van der Waals surface area contributed by atoms with E-state index in [4.69, 9.17) is 9.47 Å². The van der Waals surface area contributed by atoms with Crippen LogP contribution in [0.5, 0.6) is 5.75 Å². The van der Waals surface area contributed by atoms with Crippen LogP contribution in [-0.4, -0.2) is 37.6 Å². The van der Waals surface area contributed by atoms with Crippen molar-refractivity contribution >= 4 is 38.3 Å². The zero-order valence-electron chi connectivity index (χ0n) is 21.6. The maximum atomic E-state index is 13.2. The zero-order valence-corrected chi connectivity index (χ0v) is 22.4. The largest absolute Gasteiger partial charge is 0.497 e. The number of aryl methyl sites for hydroxylation is 1. The highest BCUT2D eigenvalue weighted by atomic mass is 32.2. The molecule has 198 valence electrons. The number of non-ortho nitro benzene ring substituents is 1. The van der Waals surface area contributed by atoms with Crippen LogP contribution in [0.25, 0.3) is 16.6 Å². The number of anilines is 1. The number of aromatic nitrogens is 1. The number of hydrogen-bond acceptors (Lipinski definition) is 7. The van der Waals surface area contributed by atoms with Gasteiger partial charge in [0.1, 0.15) is 5.75 Å². The van der Waals surface area contributed by atoms with E-state index in [2.05, 4.69) is 4.72 Å². The molecule has 0 aliphatic rings. The third-order valence-corrected chi connectivity index (χ3v) is 7.81. The molecule has 0 unspecified atom stereocenters. The van der Waals surface area contributed by atoms with Crippen LogP contribution in [0, 0.1) is 30.9 Å². The summed E-state index contributed by atoms with van der Waals surface area (Å²) < 4.78 is 41.5. The standard InChI is InChI=1S/C27H27N3O7S/c1-6-37-27(31)25-18(4)29(19-10-12-21(36-5)13-11-19)26-17(3)16(2)24(15-23(25)26)28-38(34,35)22-9-7-8-20(14-22)30(32)33/h7-15,28H,6H2,1-5H3. The number of rotatable bonds is 8. The van der Waals surface area contributed by atoms with Gasteiger partial charge >= 0.3 is 5.97 Å². The highest BCUT2D eigenvalue weighted by Gasteiger charge is 2.26. The average Bonchev–Trinajstić information content (AvgIpc) is 3.18. The fourth-order valence-corrected chi connectivity index (χ4v) is 5.60. The minimum atomic E-state index is -4.18. The lowest BCUT2D eigenvalue weighted by Gasteiger charge is -2.16. The predicted octanol–water partition coefficient (Wildman–Crippen LogP) is 5.45. The van der Waals surface area contributed by atoms with E-state index in [9.17, 15) is 23.3 Å². The van der Waals surface area contributed by atoms with Gasteiger partial charge in [-0.15, -0.1) is 0 Å². The number of benzene rings is 3. The van der Waals surface area contributed by atoms with Crippen LogP contribution in [0.2, 0.25) is 0 Å². The monoisotopic (exact) mass is 537 g/mol. The molecule has 0 aliphatic heterocycles. The first-order valence-corrected chi connectivity index (χ1v) is 13.2. The number of nitro groups is 1. The lowest BCUT2D eigenvalue weighted by molar-refractivity contribution is -0.385. The second-order valence-electron chi connectivity index (χ2n) is 8.64. The molecule has 0 saturated heterocycles. The summed E-state index contributed by atoms with van der Waals surface area (Å²) in [6, 6.07) is 13.8. The summed E-state index contributed by atoms with van der Waals surface area (Å²) >= 11 is 0. The summed E-state index contributed by atoms with van der Waals surface area (Å²) in [7, 11) is -2.60. The maximum absolute atomic E-state index is 13.2. The molecule has 0 atom stereocenters. The molecule has 0 radical (unpaired) electrons. The van der Waals surface area contributed by atoms with Crippen molar-refractivity contribution in [3.63, 3.8) is 0 Å². The van der Waals surface area contributed by atoms with Crippen LogP contribution in [0.15, 0.2) is 59.5 Å². The molecule has 10 nitrogen and oxygen atoms in total. The number of carbonyl (C=O) groups is 1. The van der Waals surface area contributed by atoms with Crippen LogP contribution >= 0.6 is 0 Å². The molecule has 11 heteroatoms. The van der Waals surface area contributed by atoms with Crippen molar-refractivity contribution in [3.05, 3.63) is 87.1 Å². The highest BCUT2D eigenvalue weighted by Crippen LogP contribution is 2.37. The molecule has 4 rings (SSSR count). The molecule has 0 bridgehead atoms. The summed E-state index contributed by atoms with van der Waals surface area (Å²) in [5.41, 5.74) is 3.75. The van der Waals surface area contributed by atoms with Gasteiger partial charge < -0.3 is 14.0 Å². The highest BCUT2D eigenvalue weighted by molar-refractivity contribution is 7.92. The lowest BCUT2D eigenvalue weighted by atomic mass is 10.0. The molecule has 38 heavy (non-hydrogen) atoms. The van der Waals surface area contributed by atoms with Gasteiger partial charge in [0, 0.05) is 28.9 Å². The molecule has 1 N–H and O–H groups in total. The second kappa shape index (κ2) is 10.2. The molecule has 1 heterocycles. The van der Waals surface area contributed by atoms with E-state index in [0.29, 0.717) is 28.0 Å². The number of fused-ring (bicyclic) bond motifs is 1. The molecule has 4 aromatic rings. The van der Waals surface area contributed by atoms with E-state index in [0.717, 1.165) is 22.8 Å². The lowest BCUT2D eigenvalue weighted by Crippen LogP contribution is -2.14. The number of ether oxygens (including phenoxy) is 2. The molecule has 0 saturated carbocycles. The van der Waals surface area contributed by atoms with E-state index in [1.54, 1.807) is 33.9 Å². The number of methoxy groups -OCH3 is 1. The number of carbonyl (C=O) groups excluding carboxylic acids is 1. The van der Waals surface area contributed by atoms with Gasteiger partial charge in [0.15, 0.2) is 0 Å². The number of hydrogen-bond donors (Lipinski definition) is 1. The van der Waals surface area contributed by atoms with Crippen LogP contribution in [0.1, 0.15) is 34.1 Å². The van der Waals surface area contributed by atoms with E-state index >= 15 is 0 Å². The molecule has 3 aromatic carbocycles. The smallest absolute Gasteiger partial charge is 0.340 e. The van der Waals surface area contributed by atoms with Crippen molar-refractivity contribution in [1.82, 2.24) is 4.57 Å². The van der Waals surface area contributed by atoms with Crippen molar-refractivity contribution in [1.29, 1.82) is 0 Å². The van der Waals surface area contributed by atoms with E-state index < -0.39 is 20.9 Å². The van der Waals surface area contributed by atoms with Crippen LogP contribution < -0.4 is 9.46 Å². The Hall–Kier alpha value is -4.38. The summed E-state index contributed by atoms with van der Waals surface area (Å²) in [4.78, 5) is 23.3. The Morgan fingerprint density at radius 2 is 1.74 bits per heavy atom. The van der Waals surface area contributed by atoms with Crippen molar-refractivity contribution < 1.29 is 27.6 Å². The molecular formula is C27H27N3O7S. The molecule has 0 spiro atoms. The van der Waals surface area contributed by atoms with Gasteiger partial charge in [-0.25, -0.2) is 13.2 Å². The molecule has 0 fully saturated rings. The van der Waals surface area contributed by atoms with Gasteiger partial charge in [0.25, 0.3) is 15.7 Å². The van der Waals surface area contributed by atoms with E-state index in [-0.39, 0.29) is 22.9 Å². The van der Waals surface area contributed by atoms with Gasteiger partial charge in [-0.1, -0.05) is 6.07 Å². The van der Waals surface area contributed by atoms with Crippen LogP contribution in [0.3, 0.4) is 0 Å². The molecule has 0 aliphatic carbocycles. The zero-order chi connectivity index (χ0) is 27.8. The first-order chi connectivity index (χ1) is 18.0. The van der Waals surface area contributed by atoms with Gasteiger partial charge in [-0.2, -0.15) is 0 Å². The Morgan fingerprint density at radius 1 is 1.05 bits per heavy atom. The fraction of sp³-hybridized carbons (Fsp3) is 0.222. The number of sulfonamides is 1. The number of esters is 1. The minimum Gasteiger partial charge on any atom is -0.497 e. The molecule has 1 aromatic heterocycles. The van der Waals surface area contributed by atoms with Crippen molar-refractivity contribution in [2.45, 2.75) is 32.6 Å². The average molecular weight is 538 g/mol. The Labute approximate surface area is 220 Å². The van der Waals surface area contributed by atoms with Gasteiger partial charge in [0.2, 0.25) is 0 Å². The van der Waals surface area contributed by atoms with Crippen molar-refractivity contribution in [3.8, 4) is 11.4 Å². The van der Waals surface area contributed by atoms with Gasteiger partial charge in [0.05, 0.1) is 40.3 Å². The van der Waals surface area contributed by atoms with E-state index in [1.807, 2.05) is 35.8 Å². The normalized spacial score (nSPS) is 11.4. The molecule has 0 amide bonds. The Kier molecular flexibility index (Phi) is 7.14. The summed E-state index contributed by atoms with van der Waals surface area (Å²) in [6.07, 6.45) is 0.